The number of β-amino-alcohol motifs (C(OH)–C–C–N with tert-alkyl or cyclic N) is 1. The van der Waals surface area contributed by atoms with Crippen molar-refractivity contribution >= 4 is 5.91 Å². The van der Waals surface area contributed by atoms with Crippen molar-refractivity contribution in [2.45, 2.75) is 31.9 Å². The fourth-order valence-corrected chi connectivity index (χ4v) is 3.83. The summed E-state index contributed by atoms with van der Waals surface area (Å²) in [5.41, 5.74) is 1.10. The molecule has 0 aromatic heterocycles. The van der Waals surface area contributed by atoms with E-state index in [9.17, 15) is 9.90 Å². The van der Waals surface area contributed by atoms with Crippen molar-refractivity contribution in [3.05, 3.63) is 35.9 Å². The summed E-state index contributed by atoms with van der Waals surface area (Å²) in [5, 5.41) is 9.57. The number of hydrogen-bond acceptors (Lipinski definition) is 4. The van der Waals surface area contributed by atoms with Crippen LogP contribution in [0.5, 0.6) is 0 Å². The highest BCUT2D eigenvalue weighted by molar-refractivity contribution is 5.83. The number of rotatable bonds is 5. The van der Waals surface area contributed by atoms with E-state index in [-0.39, 0.29) is 18.1 Å². The molecule has 132 valence electrons. The van der Waals surface area contributed by atoms with Gasteiger partial charge in [-0.1, -0.05) is 30.3 Å². The molecule has 2 heterocycles. The first-order valence-corrected chi connectivity index (χ1v) is 9.13. The van der Waals surface area contributed by atoms with E-state index in [1.54, 1.807) is 0 Å². The summed E-state index contributed by atoms with van der Waals surface area (Å²) in [7, 11) is 0. The van der Waals surface area contributed by atoms with Gasteiger partial charge in [-0.25, -0.2) is 0 Å². The van der Waals surface area contributed by atoms with E-state index in [2.05, 4.69) is 21.9 Å². The first kappa shape index (κ1) is 17.4. The second kappa shape index (κ2) is 8.10. The molecule has 3 rings (SSSR count). The molecule has 0 aliphatic carbocycles. The summed E-state index contributed by atoms with van der Waals surface area (Å²) >= 11 is 0. The first-order chi connectivity index (χ1) is 11.6. The number of carbonyl (C=O) groups excluding carboxylic acids is 1. The van der Waals surface area contributed by atoms with Crippen LogP contribution in [-0.4, -0.2) is 77.6 Å². The summed E-state index contributed by atoms with van der Waals surface area (Å²) < 4.78 is 0. The van der Waals surface area contributed by atoms with Gasteiger partial charge < -0.3 is 10.0 Å². The molecule has 5 nitrogen and oxygen atoms in total. The summed E-state index contributed by atoms with van der Waals surface area (Å²) in [6.07, 6.45) is 1.94. The summed E-state index contributed by atoms with van der Waals surface area (Å²) in [6.45, 7) is 7.87. The molecule has 2 atom stereocenters. The van der Waals surface area contributed by atoms with Crippen molar-refractivity contribution < 1.29 is 9.90 Å². The van der Waals surface area contributed by atoms with Gasteiger partial charge in [0.2, 0.25) is 5.91 Å². The van der Waals surface area contributed by atoms with E-state index in [1.165, 1.54) is 0 Å². The summed E-state index contributed by atoms with van der Waals surface area (Å²) in [5.74, 6) is 0.252. The predicted molar refractivity (Wildman–Crippen MR) is 94.7 cm³/mol. The van der Waals surface area contributed by atoms with Gasteiger partial charge in [-0.3, -0.25) is 14.6 Å². The van der Waals surface area contributed by atoms with Gasteiger partial charge in [0.15, 0.2) is 0 Å². The van der Waals surface area contributed by atoms with Crippen LogP contribution in [0, 0.1) is 0 Å². The van der Waals surface area contributed by atoms with Crippen LogP contribution in [0.2, 0.25) is 0 Å². The van der Waals surface area contributed by atoms with E-state index < -0.39 is 0 Å². The van der Waals surface area contributed by atoms with Gasteiger partial charge in [0.05, 0.1) is 6.10 Å². The third kappa shape index (κ3) is 4.15. The summed E-state index contributed by atoms with van der Waals surface area (Å²) in [4.78, 5) is 19.8. The van der Waals surface area contributed by atoms with Gasteiger partial charge in [-0.05, 0) is 25.3 Å². The fraction of sp³-hybridized carbons (Fsp3) is 0.632. The summed E-state index contributed by atoms with van der Waals surface area (Å²) in [6, 6.07) is 10.0. The minimum atomic E-state index is -0.298. The second-order valence-corrected chi connectivity index (χ2v) is 7.03. The molecule has 24 heavy (non-hydrogen) atoms. The van der Waals surface area contributed by atoms with Crippen LogP contribution in [-0.2, 0) is 4.79 Å². The Hall–Kier alpha value is -1.43. The monoisotopic (exact) mass is 331 g/mol. The van der Waals surface area contributed by atoms with Crippen molar-refractivity contribution in [1.29, 1.82) is 0 Å². The minimum Gasteiger partial charge on any atom is -0.392 e. The number of aliphatic hydroxyl groups is 1. The normalized spacial score (nSPS) is 22.5. The lowest BCUT2D eigenvalue weighted by atomic mass is 10.0. The van der Waals surface area contributed by atoms with Gasteiger partial charge in [0.25, 0.3) is 0 Å². The Morgan fingerprint density at radius 1 is 1.04 bits per heavy atom. The van der Waals surface area contributed by atoms with Crippen LogP contribution in [0.4, 0.5) is 0 Å². The van der Waals surface area contributed by atoms with Crippen LogP contribution in [0.3, 0.4) is 0 Å². The highest BCUT2D eigenvalue weighted by Gasteiger charge is 2.34. The van der Waals surface area contributed by atoms with Gasteiger partial charge in [0.1, 0.15) is 6.04 Å². The number of hydrogen-bond donors (Lipinski definition) is 1. The zero-order valence-electron chi connectivity index (χ0n) is 14.6. The van der Waals surface area contributed by atoms with Crippen LogP contribution in [0.15, 0.2) is 30.3 Å². The SMILES string of the molecule is C[C@H](O)CN1CCN([C@H](C(=O)N2CCCC2)c2ccccc2)CC1. The minimum absolute atomic E-state index is 0.169. The maximum atomic E-state index is 13.1. The Labute approximate surface area is 144 Å². The van der Waals surface area contributed by atoms with Crippen LogP contribution in [0.1, 0.15) is 31.4 Å². The molecule has 2 fully saturated rings. The number of likely N-dealkylation sites (tertiary alicyclic amines) is 1. The molecular formula is C19H29N3O2. The molecular weight excluding hydrogens is 302 g/mol. The quantitative estimate of drug-likeness (QED) is 0.885. The molecule has 1 N–H and O–H groups in total. The number of amides is 1. The van der Waals surface area contributed by atoms with Crippen molar-refractivity contribution in [1.82, 2.24) is 14.7 Å². The lowest BCUT2D eigenvalue weighted by Gasteiger charge is -2.40. The molecule has 1 aromatic rings. The van der Waals surface area contributed by atoms with Crippen molar-refractivity contribution in [2.75, 3.05) is 45.8 Å². The Balaban J connectivity index is 1.72. The molecule has 5 heteroatoms. The maximum Gasteiger partial charge on any atom is 0.244 e. The number of benzene rings is 1. The van der Waals surface area contributed by atoms with Crippen molar-refractivity contribution in [2.24, 2.45) is 0 Å². The third-order valence-corrected chi connectivity index (χ3v) is 5.06. The predicted octanol–water partition coefficient (Wildman–Crippen LogP) is 1.35. The van der Waals surface area contributed by atoms with E-state index in [0.29, 0.717) is 6.54 Å². The Morgan fingerprint density at radius 2 is 1.67 bits per heavy atom. The van der Waals surface area contributed by atoms with Gasteiger partial charge in [-0.15, -0.1) is 0 Å². The van der Waals surface area contributed by atoms with E-state index in [1.807, 2.05) is 30.0 Å². The molecule has 1 amide bonds. The molecule has 0 radical (unpaired) electrons. The van der Waals surface area contributed by atoms with E-state index in [4.69, 9.17) is 0 Å². The lowest BCUT2D eigenvalue weighted by molar-refractivity contribution is -0.137. The number of nitrogens with zero attached hydrogens (tertiary/aromatic N) is 3. The highest BCUT2D eigenvalue weighted by Crippen LogP contribution is 2.26. The first-order valence-electron chi connectivity index (χ1n) is 9.13. The third-order valence-electron chi connectivity index (χ3n) is 5.06. The molecule has 2 aliphatic rings. The molecule has 0 unspecified atom stereocenters. The van der Waals surface area contributed by atoms with Crippen LogP contribution in [0.25, 0.3) is 0 Å². The largest absolute Gasteiger partial charge is 0.392 e. The van der Waals surface area contributed by atoms with Gasteiger partial charge >= 0.3 is 0 Å². The molecule has 2 aliphatic heterocycles. The standard InChI is InChI=1S/C19H29N3O2/c1-16(23)15-20-11-13-21(14-12-20)18(17-7-3-2-4-8-17)19(24)22-9-5-6-10-22/h2-4,7-8,16,18,23H,5-6,9-15H2,1H3/t16-,18-/m0/s1. The molecule has 0 saturated carbocycles. The van der Waals surface area contributed by atoms with E-state index in [0.717, 1.165) is 57.7 Å². The Bertz CT molecular complexity index is 521. The number of carbonyl (C=O) groups is 1. The smallest absolute Gasteiger partial charge is 0.244 e. The maximum absolute atomic E-state index is 13.1. The zero-order valence-corrected chi connectivity index (χ0v) is 14.6. The molecule has 2 saturated heterocycles. The van der Waals surface area contributed by atoms with Crippen LogP contribution >= 0.6 is 0 Å². The fourth-order valence-electron chi connectivity index (χ4n) is 3.83. The molecule has 0 spiro atoms. The van der Waals surface area contributed by atoms with Gasteiger partial charge in [0, 0.05) is 45.8 Å². The highest BCUT2D eigenvalue weighted by atomic mass is 16.3. The van der Waals surface area contributed by atoms with Crippen molar-refractivity contribution in [3.63, 3.8) is 0 Å². The Kier molecular flexibility index (Phi) is 5.87. The van der Waals surface area contributed by atoms with Gasteiger partial charge in [-0.2, -0.15) is 0 Å². The average molecular weight is 331 g/mol. The topological polar surface area (TPSA) is 47.0 Å². The second-order valence-electron chi connectivity index (χ2n) is 7.03. The number of aliphatic hydroxyl groups excluding tert-OH is 1. The van der Waals surface area contributed by atoms with E-state index >= 15 is 0 Å². The zero-order chi connectivity index (χ0) is 16.9. The molecule has 0 bridgehead atoms. The lowest BCUT2D eigenvalue weighted by Crippen LogP contribution is -2.52. The Morgan fingerprint density at radius 3 is 2.25 bits per heavy atom. The number of piperazine rings is 1. The van der Waals surface area contributed by atoms with Crippen LogP contribution < -0.4 is 0 Å². The molecule has 1 aromatic carbocycles. The van der Waals surface area contributed by atoms with Crippen molar-refractivity contribution in [3.8, 4) is 0 Å². The average Bonchev–Trinajstić information content (AvgIpc) is 3.12.